The molecule has 1 fully saturated rings. The summed E-state index contributed by atoms with van der Waals surface area (Å²) in [5, 5.41) is 10.9. The van der Waals surface area contributed by atoms with Gasteiger partial charge in [-0.15, -0.1) is 0 Å². The van der Waals surface area contributed by atoms with Crippen LogP contribution in [0.3, 0.4) is 0 Å². The fraction of sp³-hybridized carbons (Fsp3) is 0.692. The second-order valence-electron chi connectivity index (χ2n) is 4.91. The number of anilines is 1. The van der Waals surface area contributed by atoms with E-state index in [0.29, 0.717) is 18.3 Å². The molecule has 0 aromatic carbocycles. The summed E-state index contributed by atoms with van der Waals surface area (Å²) in [5.41, 5.74) is 0.410. The van der Waals surface area contributed by atoms with E-state index in [1.807, 2.05) is 0 Å². The largest absolute Gasteiger partial charge is 0.381 e. The normalized spacial score (nSPS) is 14.6. The Morgan fingerprint density at radius 1 is 1.47 bits per heavy atom. The summed E-state index contributed by atoms with van der Waals surface area (Å²) in [5.74, 6) is 0. The first-order valence-corrected chi connectivity index (χ1v) is 7.33. The van der Waals surface area contributed by atoms with E-state index in [9.17, 15) is 4.79 Å². The van der Waals surface area contributed by atoms with E-state index < -0.39 is 0 Å². The van der Waals surface area contributed by atoms with Crippen LogP contribution in [0.15, 0.2) is 11.0 Å². The van der Waals surface area contributed by atoms with Gasteiger partial charge in [-0.2, -0.15) is 5.10 Å². The summed E-state index contributed by atoms with van der Waals surface area (Å²) >= 11 is 6.07. The number of rotatable bonds is 8. The van der Waals surface area contributed by atoms with Gasteiger partial charge in [0.15, 0.2) is 0 Å². The highest BCUT2D eigenvalue weighted by atomic mass is 35.5. The number of hydrogen-bond donors (Lipinski definition) is 2. The first-order valence-electron chi connectivity index (χ1n) is 6.95. The molecule has 6 heteroatoms. The highest BCUT2D eigenvalue weighted by molar-refractivity contribution is 6.32. The molecule has 0 aliphatic heterocycles. The van der Waals surface area contributed by atoms with E-state index in [4.69, 9.17) is 11.6 Å². The van der Waals surface area contributed by atoms with Crippen LogP contribution in [0.1, 0.15) is 32.6 Å². The predicted octanol–water partition coefficient (Wildman–Crippen LogP) is 1.86. The highest BCUT2D eigenvalue weighted by Crippen LogP contribution is 2.18. The number of nitrogens with zero attached hydrogens (tertiary/aromatic N) is 2. The maximum Gasteiger partial charge on any atom is 0.287 e. The van der Waals surface area contributed by atoms with Gasteiger partial charge in [0.05, 0.1) is 11.9 Å². The summed E-state index contributed by atoms with van der Waals surface area (Å²) in [4.78, 5) is 12.0. The third-order valence-electron chi connectivity index (χ3n) is 3.16. The maximum absolute atomic E-state index is 12.0. The summed E-state index contributed by atoms with van der Waals surface area (Å²) in [6.07, 6.45) is 6.14. The minimum atomic E-state index is -0.213. The Labute approximate surface area is 118 Å². The van der Waals surface area contributed by atoms with E-state index in [0.717, 1.165) is 25.9 Å². The van der Waals surface area contributed by atoms with Gasteiger partial charge in [-0.3, -0.25) is 4.79 Å². The van der Waals surface area contributed by atoms with Crippen molar-refractivity contribution < 1.29 is 0 Å². The highest BCUT2D eigenvalue weighted by Gasteiger charge is 2.19. The molecule has 0 amide bonds. The Morgan fingerprint density at radius 3 is 2.95 bits per heavy atom. The molecular weight excluding hydrogens is 264 g/mol. The van der Waals surface area contributed by atoms with Crippen molar-refractivity contribution in [1.29, 1.82) is 0 Å². The standard InChI is InChI=1S/C13H21ClN4O/c1-2-3-8-18-13(19)12(14)11(9-17-18)16-7-6-15-10-4-5-10/h9-10,15-16H,2-8H2,1H3. The second-order valence-corrected chi connectivity index (χ2v) is 5.29. The topological polar surface area (TPSA) is 59.0 Å². The fourth-order valence-electron chi connectivity index (χ4n) is 1.82. The van der Waals surface area contributed by atoms with Crippen LogP contribution in [0.2, 0.25) is 5.02 Å². The summed E-state index contributed by atoms with van der Waals surface area (Å²) in [6.45, 7) is 4.32. The molecule has 5 nitrogen and oxygen atoms in total. The molecule has 0 spiro atoms. The van der Waals surface area contributed by atoms with Crippen LogP contribution in [0, 0.1) is 0 Å². The van der Waals surface area contributed by atoms with Crippen molar-refractivity contribution in [2.45, 2.75) is 45.2 Å². The molecule has 2 N–H and O–H groups in total. The number of nitrogens with one attached hydrogen (secondary N) is 2. The summed E-state index contributed by atoms with van der Waals surface area (Å²) < 4.78 is 1.43. The first kappa shape index (κ1) is 14.3. The van der Waals surface area contributed by atoms with Gasteiger partial charge in [0.1, 0.15) is 5.02 Å². The Kier molecular flexibility index (Phi) is 5.22. The van der Waals surface area contributed by atoms with Crippen molar-refractivity contribution in [1.82, 2.24) is 15.1 Å². The van der Waals surface area contributed by atoms with Crippen LogP contribution >= 0.6 is 11.6 Å². The summed E-state index contributed by atoms with van der Waals surface area (Å²) in [6, 6.07) is 0.692. The zero-order valence-electron chi connectivity index (χ0n) is 11.3. The lowest BCUT2D eigenvalue weighted by Crippen LogP contribution is -2.27. The molecule has 1 heterocycles. The minimum absolute atomic E-state index is 0.213. The number of aromatic nitrogens is 2. The molecule has 1 aliphatic rings. The SMILES string of the molecule is CCCCn1ncc(NCCNC2CC2)c(Cl)c1=O. The Bertz CT molecular complexity index is 470. The van der Waals surface area contributed by atoms with Crippen LogP contribution in [0.5, 0.6) is 0 Å². The van der Waals surface area contributed by atoms with Gasteiger partial charge in [0.25, 0.3) is 5.56 Å². The van der Waals surface area contributed by atoms with Crippen molar-refractivity contribution >= 4 is 17.3 Å². The molecule has 19 heavy (non-hydrogen) atoms. The average molecular weight is 285 g/mol. The van der Waals surface area contributed by atoms with E-state index in [-0.39, 0.29) is 10.6 Å². The van der Waals surface area contributed by atoms with Gasteiger partial charge in [0.2, 0.25) is 0 Å². The minimum Gasteiger partial charge on any atom is -0.381 e. The lowest BCUT2D eigenvalue weighted by atomic mass is 10.3. The summed E-state index contributed by atoms with van der Waals surface area (Å²) in [7, 11) is 0. The van der Waals surface area contributed by atoms with Crippen molar-refractivity contribution in [2.75, 3.05) is 18.4 Å². The molecule has 2 rings (SSSR count). The van der Waals surface area contributed by atoms with E-state index in [1.54, 1.807) is 6.20 Å². The molecule has 0 saturated heterocycles. The Hall–Kier alpha value is -1.07. The van der Waals surface area contributed by atoms with Crippen LogP contribution in [-0.2, 0) is 6.54 Å². The molecule has 0 unspecified atom stereocenters. The zero-order valence-corrected chi connectivity index (χ0v) is 12.0. The molecule has 1 aliphatic carbocycles. The molecule has 0 bridgehead atoms. The fourth-order valence-corrected chi connectivity index (χ4v) is 2.03. The van der Waals surface area contributed by atoms with E-state index in [1.165, 1.54) is 17.5 Å². The van der Waals surface area contributed by atoms with Gasteiger partial charge in [-0.05, 0) is 19.3 Å². The van der Waals surface area contributed by atoms with Gasteiger partial charge in [0, 0.05) is 25.7 Å². The maximum atomic E-state index is 12.0. The average Bonchev–Trinajstić information content (AvgIpc) is 3.22. The van der Waals surface area contributed by atoms with Gasteiger partial charge in [-0.25, -0.2) is 4.68 Å². The predicted molar refractivity (Wildman–Crippen MR) is 77.9 cm³/mol. The van der Waals surface area contributed by atoms with E-state index >= 15 is 0 Å². The zero-order chi connectivity index (χ0) is 13.7. The van der Waals surface area contributed by atoms with Crippen molar-refractivity contribution in [2.24, 2.45) is 0 Å². The second kappa shape index (κ2) is 6.91. The van der Waals surface area contributed by atoms with Crippen LogP contribution in [0.4, 0.5) is 5.69 Å². The van der Waals surface area contributed by atoms with Gasteiger partial charge >= 0.3 is 0 Å². The Morgan fingerprint density at radius 2 is 2.26 bits per heavy atom. The molecule has 0 radical (unpaired) electrons. The van der Waals surface area contributed by atoms with Crippen molar-refractivity contribution in [3.05, 3.63) is 21.6 Å². The molecule has 1 saturated carbocycles. The van der Waals surface area contributed by atoms with Crippen molar-refractivity contribution in [3.63, 3.8) is 0 Å². The monoisotopic (exact) mass is 284 g/mol. The van der Waals surface area contributed by atoms with Crippen molar-refractivity contribution in [3.8, 4) is 0 Å². The number of aryl methyl sites for hydroxylation is 1. The first-order chi connectivity index (χ1) is 9.22. The number of hydrogen-bond acceptors (Lipinski definition) is 4. The molecule has 1 aromatic rings. The molecule has 0 atom stereocenters. The molecule has 106 valence electrons. The van der Waals surface area contributed by atoms with Crippen LogP contribution in [-0.4, -0.2) is 28.9 Å². The number of unbranched alkanes of at least 4 members (excludes halogenated alkanes) is 1. The van der Waals surface area contributed by atoms with Crippen LogP contribution in [0.25, 0.3) is 0 Å². The van der Waals surface area contributed by atoms with Crippen LogP contribution < -0.4 is 16.2 Å². The Balaban J connectivity index is 1.89. The molecule has 1 aromatic heterocycles. The molecular formula is C13H21ClN4O. The smallest absolute Gasteiger partial charge is 0.287 e. The lowest BCUT2D eigenvalue weighted by molar-refractivity contribution is 0.543. The quantitative estimate of drug-likeness (QED) is 0.716. The lowest BCUT2D eigenvalue weighted by Gasteiger charge is -2.10. The van der Waals surface area contributed by atoms with Gasteiger partial charge < -0.3 is 10.6 Å². The number of halogens is 1. The van der Waals surface area contributed by atoms with E-state index in [2.05, 4.69) is 22.7 Å². The third-order valence-corrected chi connectivity index (χ3v) is 3.52. The third kappa shape index (κ3) is 4.21. The van der Waals surface area contributed by atoms with Gasteiger partial charge in [-0.1, -0.05) is 24.9 Å².